The average molecular weight is 293 g/mol. The Morgan fingerprint density at radius 1 is 1.33 bits per heavy atom. The molecule has 0 bridgehead atoms. The molecule has 0 saturated carbocycles. The number of carbonyl (C=O) groups excluding carboxylic acids is 1. The second kappa shape index (κ2) is 5.73. The number of hydrogen-bond donors (Lipinski definition) is 1. The molecule has 2 atom stereocenters. The van der Waals surface area contributed by atoms with Gasteiger partial charge in [-0.3, -0.25) is 4.90 Å². The predicted molar refractivity (Wildman–Crippen MR) is 74.5 cm³/mol. The van der Waals surface area contributed by atoms with Crippen molar-refractivity contribution in [1.29, 1.82) is 0 Å². The van der Waals surface area contributed by atoms with Gasteiger partial charge in [0.1, 0.15) is 12.3 Å². The summed E-state index contributed by atoms with van der Waals surface area (Å²) in [6, 6.07) is 8.16. The Morgan fingerprint density at radius 3 is 2.52 bits per heavy atom. The van der Waals surface area contributed by atoms with Crippen molar-refractivity contribution in [3.63, 3.8) is 0 Å². The number of rotatable bonds is 3. The highest BCUT2D eigenvalue weighted by atomic mass is 16.6. The van der Waals surface area contributed by atoms with Gasteiger partial charge in [0.15, 0.2) is 6.04 Å². The SMILES string of the molecule is C[C@H]1OC(C)(C)N(C(=O)OCc2ccccc2)[C@@H]1C(=O)O. The van der Waals surface area contributed by atoms with Crippen LogP contribution in [0.4, 0.5) is 4.79 Å². The maximum absolute atomic E-state index is 12.3. The van der Waals surface area contributed by atoms with E-state index in [0.29, 0.717) is 0 Å². The number of hydrogen-bond acceptors (Lipinski definition) is 4. The Hall–Kier alpha value is -2.08. The Bertz CT molecular complexity index is 528. The van der Waals surface area contributed by atoms with Gasteiger partial charge < -0.3 is 14.6 Å². The fraction of sp³-hybridized carbons (Fsp3) is 0.467. The van der Waals surface area contributed by atoms with Gasteiger partial charge in [0.2, 0.25) is 0 Å². The maximum Gasteiger partial charge on any atom is 0.413 e. The van der Waals surface area contributed by atoms with Crippen LogP contribution in [0.2, 0.25) is 0 Å². The van der Waals surface area contributed by atoms with E-state index in [1.807, 2.05) is 30.3 Å². The average Bonchev–Trinajstić information content (AvgIpc) is 2.66. The van der Waals surface area contributed by atoms with Crippen LogP contribution in [0.3, 0.4) is 0 Å². The van der Waals surface area contributed by atoms with Crippen molar-refractivity contribution in [2.24, 2.45) is 0 Å². The fourth-order valence-corrected chi connectivity index (χ4v) is 2.55. The van der Waals surface area contributed by atoms with Crippen molar-refractivity contribution < 1.29 is 24.2 Å². The molecule has 1 aromatic rings. The van der Waals surface area contributed by atoms with Gasteiger partial charge in [-0.25, -0.2) is 9.59 Å². The lowest BCUT2D eigenvalue weighted by atomic mass is 10.1. The maximum atomic E-state index is 12.3. The van der Waals surface area contributed by atoms with E-state index in [1.54, 1.807) is 20.8 Å². The van der Waals surface area contributed by atoms with Crippen molar-refractivity contribution in [3.05, 3.63) is 35.9 Å². The van der Waals surface area contributed by atoms with Crippen LogP contribution in [-0.2, 0) is 20.9 Å². The van der Waals surface area contributed by atoms with Crippen LogP contribution < -0.4 is 0 Å². The van der Waals surface area contributed by atoms with Crippen LogP contribution in [0.5, 0.6) is 0 Å². The quantitative estimate of drug-likeness (QED) is 0.925. The Balaban J connectivity index is 2.10. The molecule has 21 heavy (non-hydrogen) atoms. The molecule has 2 rings (SSSR count). The molecule has 6 heteroatoms. The van der Waals surface area contributed by atoms with Crippen molar-refractivity contribution in [2.45, 2.75) is 45.2 Å². The molecule has 0 aliphatic carbocycles. The number of carbonyl (C=O) groups is 2. The second-order valence-electron chi connectivity index (χ2n) is 5.46. The van der Waals surface area contributed by atoms with Gasteiger partial charge in [0, 0.05) is 0 Å². The van der Waals surface area contributed by atoms with E-state index < -0.39 is 29.9 Å². The van der Waals surface area contributed by atoms with Gasteiger partial charge in [-0.05, 0) is 26.3 Å². The predicted octanol–water partition coefficient (Wildman–Crippen LogP) is 2.23. The van der Waals surface area contributed by atoms with E-state index in [0.717, 1.165) is 10.5 Å². The lowest BCUT2D eigenvalue weighted by Gasteiger charge is -2.31. The molecule has 1 amide bonds. The largest absolute Gasteiger partial charge is 0.480 e. The van der Waals surface area contributed by atoms with E-state index in [4.69, 9.17) is 9.47 Å². The molecule has 1 aromatic carbocycles. The van der Waals surface area contributed by atoms with Crippen LogP contribution in [-0.4, -0.2) is 39.9 Å². The van der Waals surface area contributed by atoms with Crippen LogP contribution in [0.1, 0.15) is 26.3 Å². The highest BCUT2D eigenvalue weighted by Crippen LogP contribution is 2.32. The van der Waals surface area contributed by atoms with E-state index >= 15 is 0 Å². The number of nitrogens with zero attached hydrogens (tertiary/aromatic N) is 1. The topological polar surface area (TPSA) is 76.1 Å². The Labute approximate surface area is 123 Å². The minimum atomic E-state index is -1.11. The number of carboxylic acid groups (broad SMARTS) is 1. The third kappa shape index (κ3) is 3.16. The minimum Gasteiger partial charge on any atom is -0.480 e. The van der Waals surface area contributed by atoms with E-state index in [9.17, 15) is 14.7 Å². The lowest BCUT2D eigenvalue weighted by Crippen LogP contribution is -2.51. The summed E-state index contributed by atoms with van der Waals surface area (Å²) >= 11 is 0. The number of aliphatic carboxylic acids is 1. The summed E-state index contributed by atoms with van der Waals surface area (Å²) < 4.78 is 10.8. The van der Waals surface area contributed by atoms with Crippen LogP contribution >= 0.6 is 0 Å². The van der Waals surface area contributed by atoms with Crippen molar-refractivity contribution >= 4 is 12.1 Å². The zero-order valence-corrected chi connectivity index (χ0v) is 12.3. The second-order valence-corrected chi connectivity index (χ2v) is 5.46. The first-order valence-electron chi connectivity index (χ1n) is 6.73. The smallest absolute Gasteiger partial charge is 0.413 e. The van der Waals surface area contributed by atoms with E-state index in [2.05, 4.69) is 0 Å². The highest BCUT2D eigenvalue weighted by molar-refractivity contribution is 5.81. The monoisotopic (exact) mass is 293 g/mol. The van der Waals surface area contributed by atoms with Crippen LogP contribution in [0.15, 0.2) is 30.3 Å². The van der Waals surface area contributed by atoms with Gasteiger partial charge in [-0.1, -0.05) is 30.3 Å². The molecule has 0 spiro atoms. The van der Waals surface area contributed by atoms with Gasteiger partial charge in [-0.15, -0.1) is 0 Å². The zero-order valence-electron chi connectivity index (χ0n) is 12.3. The summed E-state index contributed by atoms with van der Waals surface area (Å²) in [5.74, 6) is -1.11. The van der Waals surface area contributed by atoms with Gasteiger partial charge in [0.25, 0.3) is 0 Å². The Morgan fingerprint density at radius 2 is 1.95 bits per heavy atom. The van der Waals surface area contributed by atoms with Crippen molar-refractivity contribution in [1.82, 2.24) is 4.90 Å². The van der Waals surface area contributed by atoms with Crippen molar-refractivity contribution in [3.8, 4) is 0 Å². The van der Waals surface area contributed by atoms with Gasteiger partial charge in [-0.2, -0.15) is 0 Å². The molecule has 0 aromatic heterocycles. The van der Waals surface area contributed by atoms with Crippen molar-refractivity contribution in [2.75, 3.05) is 0 Å². The summed E-state index contributed by atoms with van der Waals surface area (Å²) in [7, 11) is 0. The molecule has 1 aliphatic rings. The summed E-state index contributed by atoms with van der Waals surface area (Å²) in [5, 5.41) is 9.29. The lowest BCUT2D eigenvalue weighted by molar-refractivity contribution is -0.143. The molecule has 1 fully saturated rings. The van der Waals surface area contributed by atoms with Gasteiger partial charge >= 0.3 is 12.1 Å². The normalized spacial score (nSPS) is 23.9. The zero-order chi connectivity index (χ0) is 15.6. The number of ether oxygens (including phenoxy) is 2. The van der Waals surface area contributed by atoms with Gasteiger partial charge in [0.05, 0.1) is 6.10 Å². The number of amides is 1. The molecule has 1 aliphatic heterocycles. The summed E-state index contributed by atoms with van der Waals surface area (Å²) in [4.78, 5) is 24.8. The first kappa shape index (κ1) is 15.3. The van der Waals surface area contributed by atoms with Crippen LogP contribution in [0, 0.1) is 0 Å². The molecule has 6 nitrogen and oxygen atoms in total. The van der Waals surface area contributed by atoms with E-state index in [-0.39, 0.29) is 6.61 Å². The molecule has 1 heterocycles. The van der Waals surface area contributed by atoms with E-state index in [1.165, 1.54) is 0 Å². The van der Waals surface area contributed by atoms with Crippen LogP contribution in [0.25, 0.3) is 0 Å². The standard InChI is InChI=1S/C15H19NO5/c1-10-12(13(17)18)16(15(2,3)21-10)14(19)20-9-11-7-5-4-6-8-11/h4-8,10,12H,9H2,1-3H3,(H,17,18)/t10-,12+/m1/s1. The molecular formula is C15H19NO5. The summed E-state index contributed by atoms with van der Waals surface area (Å²) in [5.41, 5.74) is -0.181. The summed E-state index contributed by atoms with van der Waals surface area (Å²) in [6.07, 6.45) is -1.29. The molecule has 0 radical (unpaired) electrons. The number of benzene rings is 1. The highest BCUT2D eigenvalue weighted by Gasteiger charge is 2.52. The molecule has 1 saturated heterocycles. The Kier molecular flexibility index (Phi) is 4.18. The molecule has 0 unspecified atom stereocenters. The minimum absolute atomic E-state index is 0.0903. The first-order valence-corrected chi connectivity index (χ1v) is 6.73. The third-order valence-electron chi connectivity index (χ3n) is 3.43. The number of carboxylic acids is 1. The molecule has 114 valence electrons. The molecular weight excluding hydrogens is 274 g/mol. The first-order chi connectivity index (χ1) is 9.83. The molecule has 1 N–H and O–H groups in total. The summed E-state index contributed by atoms with van der Waals surface area (Å²) in [6.45, 7) is 5.02. The fourth-order valence-electron chi connectivity index (χ4n) is 2.55. The third-order valence-corrected chi connectivity index (χ3v) is 3.43.